The maximum atomic E-state index is 5.36. The maximum Gasteiger partial charge on any atom is 0.172 e. The van der Waals surface area contributed by atoms with E-state index in [1.807, 2.05) is 7.05 Å². The zero-order valence-electron chi connectivity index (χ0n) is 10.5. The third-order valence-electron chi connectivity index (χ3n) is 3.58. The smallest absolute Gasteiger partial charge is 0.172 e. The minimum atomic E-state index is -0.120. The average molecular weight is 215 g/mol. The van der Waals surface area contributed by atoms with E-state index < -0.39 is 0 Å². The Balaban J connectivity index is 2.55. The number of nitrogens with one attached hydrogen (secondary N) is 1. The van der Waals surface area contributed by atoms with Crippen molar-refractivity contribution >= 4 is 0 Å². The van der Waals surface area contributed by atoms with Gasteiger partial charge in [0.25, 0.3) is 0 Å². The molecule has 0 aromatic heterocycles. The van der Waals surface area contributed by atoms with Crippen LogP contribution in [-0.2, 0) is 9.47 Å². The van der Waals surface area contributed by atoms with Gasteiger partial charge in [0.2, 0.25) is 0 Å². The van der Waals surface area contributed by atoms with Gasteiger partial charge in [-0.15, -0.1) is 0 Å². The molecule has 3 nitrogen and oxygen atoms in total. The summed E-state index contributed by atoms with van der Waals surface area (Å²) in [7, 11) is 5.42. The van der Waals surface area contributed by atoms with Crippen LogP contribution in [0.3, 0.4) is 0 Å². The molecule has 1 rings (SSSR count). The van der Waals surface area contributed by atoms with Gasteiger partial charge in [-0.25, -0.2) is 0 Å². The average Bonchev–Trinajstić information content (AvgIpc) is 2.25. The van der Waals surface area contributed by atoms with Gasteiger partial charge in [0.15, 0.2) is 6.29 Å². The second-order valence-corrected chi connectivity index (χ2v) is 4.69. The lowest BCUT2D eigenvalue weighted by Gasteiger charge is -2.36. The predicted molar refractivity (Wildman–Crippen MR) is 61.8 cm³/mol. The molecule has 1 saturated carbocycles. The lowest BCUT2D eigenvalue weighted by molar-refractivity contribution is -0.135. The van der Waals surface area contributed by atoms with Crippen molar-refractivity contribution in [1.29, 1.82) is 0 Å². The van der Waals surface area contributed by atoms with Gasteiger partial charge in [-0.2, -0.15) is 0 Å². The summed E-state index contributed by atoms with van der Waals surface area (Å²) in [6.07, 6.45) is 5.17. The van der Waals surface area contributed by atoms with Crippen LogP contribution in [0.1, 0.15) is 32.6 Å². The van der Waals surface area contributed by atoms with Gasteiger partial charge >= 0.3 is 0 Å². The van der Waals surface area contributed by atoms with Gasteiger partial charge < -0.3 is 14.8 Å². The summed E-state index contributed by atoms with van der Waals surface area (Å²) in [6, 6.07) is 0.322. The maximum absolute atomic E-state index is 5.36. The van der Waals surface area contributed by atoms with Crippen LogP contribution in [0.2, 0.25) is 0 Å². The first-order valence-corrected chi connectivity index (χ1v) is 5.95. The van der Waals surface area contributed by atoms with E-state index in [9.17, 15) is 0 Å². The number of methoxy groups -OCH3 is 2. The van der Waals surface area contributed by atoms with Crippen LogP contribution in [0, 0.1) is 11.8 Å². The minimum Gasteiger partial charge on any atom is -0.354 e. The van der Waals surface area contributed by atoms with Crippen molar-refractivity contribution in [1.82, 2.24) is 5.32 Å². The zero-order valence-corrected chi connectivity index (χ0v) is 10.5. The van der Waals surface area contributed by atoms with E-state index in [-0.39, 0.29) is 6.29 Å². The topological polar surface area (TPSA) is 30.5 Å². The Kier molecular flexibility index (Phi) is 5.58. The number of hydrogen-bond acceptors (Lipinski definition) is 3. The highest BCUT2D eigenvalue weighted by Gasteiger charge is 2.31. The lowest BCUT2D eigenvalue weighted by Crippen LogP contribution is -2.46. The summed E-state index contributed by atoms with van der Waals surface area (Å²) in [5.74, 6) is 1.53. The monoisotopic (exact) mass is 215 g/mol. The van der Waals surface area contributed by atoms with Crippen LogP contribution in [0.5, 0.6) is 0 Å². The molecule has 0 aliphatic heterocycles. The first-order valence-electron chi connectivity index (χ1n) is 5.95. The van der Waals surface area contributed by atoms with Crippen molar-refractivity contribution < 1.29 is 9.47 Å². The highest BCUT2D eigenvalue weighted by atomic mass is 16.7. The molecule has 3 heteroatoms. The van der Waals surface area contributed by atoms with Gasteiger partial charge in [-0.05, 0) is 31.7 Å². The molecule has 90 valence electrons. The summed E-state index contributed by atoms with van der Waals surface area (Å²) in [5, 5.41) is 3.34. The molecule has 0 aromatic rings. The molecule has 0 amide bonds. The molecule has 1 aliphatic rings. The van der Waals surface area contributed by atoms with Gasteiger partial charge in [0.05, 0.1) is 6.04 Å². The van der Waals surface area contributed by atoms with Crippen molar-refractivity contribution in [2.45, 2.75) is 44.9 Å². The number of ether oxygens (including phenoxy) is 2. The van der Waals surface area contributed by atoms with E-state index in [1.54, 1.807) is 14.2 Å². The molecule has 3 unspecified atom stereocenters. The first kappa shape index (κ1) is 12.9. The largest absolute Gasteiger partial charge is 0.354 e. The quantitative estimate of drug-likeness (QED) is 0.712. The molecule has 0 heterocycles. The molecular formula is C12H25NO2. The van der Waals surface area contributed by atoms with Gasteiger partial charge in [-0.3, -0.25) is 0 Å². The van der Waals surface area contributed by atoms with Crippen LogP contribution in [0.25, 0.3) is 0 Å². The summed E-state index contributed by atoms with van der Waals surface area (Å²) < 4.78 is 10.7. The van der Waals surface area contributed by atoms with E-state index >= 15 is 0 Å². The molecule has 3 atom stereocenters. The second-order valence-electron chi connectivity index (χ2n) is 4.69. The summed E-state index contributed by atoms with van der Waals surface area (Å²) in [4.78, 5) is 0. The summed E-state index contributed by atoms with van der Waals surface area (Å²) in [5.41, 5.74) is 0. The Hall–Kier alpha value is -0.120. The van der Waals surface area contributed by atoms with Gasteiger partial charge in [0, 0.05) is 14.2 Å². The molecule has 1 aliphatic carbocycles. The molecule has 0 aromatic carbocycles. The van der Waals surface area contributed by atoms with Crippen molar-refractivity contribution in [2.75, 3.05) is 21.3 Å². The number of rotatable bonds is 5. The molecular weight excluding hydrogens is 190 g/mol. The third kappa shape index (κ3) is 3.44. The molecule has 0 saturated heterocycles. The fourth-order valence-electron chi connectivity index (χ4n) is 2.79. The second kappa shape index (κ2) is 6.46. The third-order valence-corrected chi connectivity index (χ3v) is 3.58. The Morgan fingerprint density at radius 1 is 1.20 bits per heavy atom. The number of likely N-dealkylation sites (N-methyl/N-ethyl adjacent to an activating group) is 1. The number of hydrogen-bond donors (Lipinski definition) is 1. The summed E-state index contributed by atoms with van der Waals surface area (Å²) in [6.45, 7) is 2.34. The summed E-state index contributed by atoms with van der Waals surface area (Å²) >= 11 is 0. The zero-order chi connectivity index (χ0) is 11.3. The van der Waals surface area contributed by atoms with Gasteiger partial charge in [0.1, 0.15) is 0 Å². The van der Waals surface area contributed by atoms with Crippen LogP contribution in [-0.4, -0.2) is 33.6 Å². The first-order chi connectivity index (χ1) is 7.22. The fourth-order valence-corrected chi connectivity index (χ4v) is 2.79. The normalized spacial score (nSPS) is 29.4. The molecule has 0 radical (unpaired) electrons. The van der Waals surface area contributed by atoms with E-state index in [2.05, 4.69) is 12.2 Å². The minimum absolute atomic E-state index is 0.120. The molecule has 0 bridgehead atoms. The lowest BCUT2D eigenvalue weighted by atomic mass is 9.78. The molecule has 0 spiro atoms. The Labute approximate surface area is 93.5 Å². The molecule has 15 heavy (non-hydrogen) atoms. The van der Waals surface area contributed by atoms with E-state index in [0.29, 0.717) is 12.0 Å². The van der Waals surface area contributed by atoms with Crippen LogP contribution >= 0.6 is 0 Å². The van der Waals surface area contributed by atoms with Crippen molar-refractivity contribution in [3.8, 4) is 0 Å². The van der Waals surface area contributed by atoms with Crippen LogP contribution < -0.4 is 5.32 Å². The Bertz CT molecular complexity index is 171. The van der Waals surface area contributed by atoms with Crippen molar-refractivity contribution in [3.05, 3.63) is 0 Å². The Morgan fingerprint density at radius 2 is 1.87 bits per heavy atom. The molecule has 1 fully saturated rings. The molecule has 1 N–H and O–H groups in total. The van der Waals surface area contributed by atoms with Gasteiger partial charge in [-0.1, -0.05) is 19.8 Å². The van der Waals surface area contributed by atoms with Crippen molar-refractivity contribution in [3.63, 3.8) is 0 Å². The van der Waals surface area contributed by atoms with Crippen LogP contribution in [0.4, 0.5) is 0 Å². The van der Waals surface area contributed by atoms with Crippen LogP contribution in [0.15, 0.2) is 0 Å². The van der Waals surface area contributed by atoms with E-state index in [4.69, 9.17) is 9.47 Å². The highest BCUT2D eigenvalue weighted by molar-refractivity contribution is 4.82. The Morgan fingerprint density at radius 3 is 2.33 bits per heavy atom. The van der Waals surface area contributed by atoms with Crippen molar-refractivity contribution in [2.24, 2.45) is 11.8 Å². The fraction of sp³-hybridized carbons (Fsp3) is 1.00. The van der Waals surface area contributed by atoms with E-state index in [1.165, 1.54) is 25.7 Å². The standard InChI is InChI=1S/C12H25NO2/c1-9-6-5-7-10(8-9)11(13-2)12(14-3)15-4/h9-13H,5-8H2,1-4H3. The highest BCUT2D eigenvalue weighted by Crippen LogP contribution is 2.32. The predicted octanol–water partition coefficient (Wildman–Crippen LogP) is 2.02. The SMILES string of the molecule is CNC(C1CCCC(C)C1)C(OC)OC. The van der Waals surface area contributed by atoms with E-state index in [0.717, 1.165) is 5.92 Å².